The van der Waals surface area contributed by atoms with E-state index in [0.29, 0.717) is 28.3 Å². The van der Waals surface area contributed by atoms with Crippen LogP contribution >= 0.6 is 22.7 Å². The molecule has 4 N–H and O–H groups in total. The van der Waals surface area contributed by atoms with Crippen molar-refractivity contribution in [3.05, 3.63) is 73.6 Å². The minimum absolute atomic E-state index is 0.151. The molecule has 3 rings (SSSR count). The second kappa shape index (κ2) is 12.1. The van der Waals surface area contributed by atoms with Crippen LogP contribution in [-0.4, -0.2) is 55.0 Å². The Morgan fingerprint density at radius 2 is 1.77 bits per heavy atom. The Labute approximate surface area is 210 Å². The molecule has 1 unspecified atom stereocenters. The highest BCUT2D eigenvalue weighted by Crippen LogP contribution is 2.22. The van der Waals surface area contributed by atoms with Crippen molar-refractivity contribution in [3.8, 4) is 5.75 Å². The van der Waals surface area contributed by atoms with Gasteiger partial charge in [0, 0.05) is 13.1 Å². The van der Waals surface area contributed by atoms with Gasteiger partial charge in [0.15, 0.2) is 0 Å². The van der Waals surface area contributed by atoms with Crippen LogP contribution < -0.4 is 16.0 Å². The largest absolute Gasteiger partial charge is 0.508 e. The fourth-order valence-electron chi connectivity index (χ4n) is 3.19. The molecule has 0 bridgehead atoms. The number of amides is 3. The van der Waals surface area contributed by atoms with E-state index < -0.39 is 17.9 Å². The molecule has 0 spiro atoms. The third-order valence-corrected chi connectivity index (χ3v) is 7.06. The number of phenols is 1. The first-order valence-corrected chi connectivity index (χ1v) is 12.3. The Hall–Kier alpha value is -3.70. The predicted molar refractivity (Wildman–Crippen MR) is 133 cm³/mol. The molecular weight excluding hydrogens is 490 g/mol. The van der Waals surface area contributed by atoms with E-state index in [-0.39, 0.29) is 29.0 Å². The number of aromatic hydroxyl groups is 1. The number of ether oxygens (including phenoxy) is 1. The van der Waals surface area contributed by atoms with E-state index in [9.17, 15) is 24.3 Å². The summed E-state index contributed by atoms with van der Waals surface area (Å²) in [4.78, 5) is 50.9. The number of rotatable bonds is 10. The maximum atomic E-state index is 12.9. The zero-order valence-electron chi connectivity index (χ0n) is 19.1. The SMILES string of the molecule is COC(=O)C(CNC(=O)c1cccs1)NC(=O)c1sc(C(=O)NCCc2cccc(O)c2)cc1C. The van der Waals surface area contributed by atoms with Crippen LogP contribution in [0.2, 0.25) is 0 Å². The summed E-state index contributed by atoms with van der Waals surface area (Å²) < 4.78 is 4.76. The number of nitrogens with one attached hydrogen (secondary N) is 3. The number of hydrogen-bond donors (Lipinski definition) is 4. The molecule has 1 atom stereocenters. The molecule has 0 aliphatic heterocycles. The van der Waals surface area contributed by atoms with E-state index in [1.165, 1.54) is 18.4 Å². The van der Waals surface area contributed by atoms with E-state index in [1.54, 1.807) is 48.7 Å². The molecule has 0 radical (unpaired) electrons. The second-order valence-electron chi connectivity index (χ2n) is 7.54. The van der Waals surface area contributed by atoms with Crippen LogP contribution in [0.25, 0.3) is 0 Å². The molecule has 0 fully saturated rings. The molecule has 3 amide bonds. The molecule has 9 nitrogen and oxygen atoms in total. The van der Waals surface area contributed by atoms with Crippen molar-refractivity contribution in [1.29, 1.82) is 0 Å². The highest BCUT2D eigenvalue weighted by Gasteiger charge is 2.25. The van der Waals surface area contributed by atoms with Crippen LogP contribution in [0.15, 0.2) is 47.8 Å². The van der Waals surface area contributed by atoms with Crippen molar-refractivity contribution >= 4 is 46.4 Å². The van der Waals surface area contributed by atoms with Gasteiger partial charge in [-0.15, -0.1) is 22.7 Å². The van der Waals surface area contributed by atoms with Crippen LogP contribution in [-0.2, 0) is 16.0 Å². The highest BCUT2D eigenvalue weighted by atomic mass is 32.1. The third kappa shape index (κ3) is 7.14. The van der Waals surface area contributed by atoms with Crippen molar-refractivity contribution in [1.82, 2.24) is 16.0 Å². The number of methoxy groups -OCH3 is 1. The maximum Gasteiger partial charge on any atom is 0.330 e. The highest BCUT2D eigenvalue weighted by molar-refractivity contribution is 7.16. The summed E-state index contributed by atoms with van der Waals surface area (Å²) in [6.45, 7) is 1.90. The number of hydrogen-bond acceptors (Lipinski definition) is 8. The van der Waals surface area contributed by atoms with Gasteiger partial charge in [0.1, 0.15) is 11.8 Å². The summed E-state index contributed by atoms with van der Waals surface area (Å²) in [7, 11) is 1.19. The Morgan fingerprint density at radius 1 is 1.00 bits per heavy atom. The minimum Gasteiger partial charge on any atom is -0.508 e. The first-order chi connectivity index (χ1) is 16.8. The van der Waals surface area contributed by atoms with E-state index in [2.05, 4.69) is 16.0 Å². The van der Waals surface area contributed by atoms with Gasteiger partial charge < -0.3 is 25.8 Å². The molecule has 0 saturated heterocycles. The number of benzene rings is 1. The predicted octanol–water partition coefficient (Wildman–Crippen LogP) is 2.50. The molecule has 35 heavy (non-hydrogen) atoms. The molecule has 184 valence electrons. The average molecular weight is 516 g/mol. The minimum atomic E-state index is -1.10. The zero-order valence-corrected chi connectivity index (χ0v) is 20.8. The Bertz CT molecular complexity index is 1210. The number of carbonyl (C=O) groups is 4. The third-order valence-electron chi connectivity index (χ3n) is 4.96. The molecule has 2 aromatic heterocycles. The van der Waals surface area contributed by atoms with Crippen LogP contribution in [0.5, 0.6) is 5.75 Å². The fourth-order valence-corrected chi connectivity index (χ4v) is 4.82. The van der Waals surface area contributed by atoms with Gasteiger partial charge in [0.05, 0.1) is 21.7 Å². The number of esters is 1. The maximum absolute atomic E-state index is 12.9. The van der Waals surface area contributed by atoms with Gasteiger partial charge in [0.25, 0.3) is 17.7 Å². The van der Waals surface area contributed by atoms with E-state index >= 15 is 0 Å². The van der Waals surface area contributed by atoms with Gasteiger partial charge in [-0.2, -0.15) is 0 Å². The first-order valence-electron chi connectivity index (χ1n) is 10.7. The lowest BCUT2D eigenvalue weighted by Gasteiger charge is -2.16. The lowest BCUT2D eigenvalue weighted by molar-refractivity contribution is -0.142. The summed E-state index contributed by atoms with van der Waals surface area (Å²) in [6, 6.07) is 10.7. The van der Waals surface area contributed by atoms with E-state index in [0.717, 1.165) is 16.9 Å². The van der Waals surface area contributed by atoms with Crippen molar-refractivity contribution in [2.75, 3.05) is 20.2 Å². The quantitative estimate of drug-likeness (QED) is 0.307. The van der Waals surface area contributed by atoms with E-state index in [1.807, 2.05) is 6.07 Å². The molecule has 1 aromatic carbocycles. The van der Waals surface area contributed by atoms with Crippen LogP contribution in [0.4, 0.5) is 0 Å². The van der Waals surface area contributed by atoms with Gasteiger partial charge in [-0.05, 0) is 54.1 Å². The monoisotopic (exact) mass is 515 g/mol. The molecule has 0 saturated carbocycles. The number of phenolic OH excluding ortho intramolecular Hbond substituents is 1. The van der Waals surface area contributed by atoms with Crippen molar-refractivity contribution in [3.63, 3.8) is 0 Å². The summed E-state index contributed by atoms with van der Waals surface area (Å²) in [5.74, 6) is -1.78. The molecule has 3 aromatic rings. The summed E-state index contributed by atoms with van der Waals surface area (Å²) in [5.41, 5.74) is 1.46. The second-order valence-corrected chi connectivity index (χ2v) is 9.54. The summed E-state index contributed by atoms with van der Waals surface area (Å²) >= 11 is 2.26. The lowest BCUT2D eigenvalue weighted by Crippen LogP contribution is -2.48. The van der Waals surface area contributed by atoms with Gasteiger partial charge in [-0.25, -0.2) is 4.79 Å². The molecular formula is C24H25N3O6S2. The zero-order chi connectivity index (χ0) is 25.4. The number of thiophene rings is 2. The van der Waals surface area contributed by atoms with Crippen molar-refractivity contribution < 1.29 is 29.0 Å². The van der Waals surface area contributed by atoms with Crippen molar-refractivity contribution in [2.24, 2.45) is 0 Å². The van der Waals surface area contributed by atoms with Crippen LogP contribution in [0, 0.1) is 6.92 Å². The Morgan fingerprint density at radius 3 is 2.46 bits per heavy atom. The fraction of sp³-hybridized carbons (Fsp3) is 0.250. The smallest absolute Gasteiger partial charge is 0.330 e. The number of carbonyl (C=O) groups excluding carboxylic acids is 4. The molecule has 0 aliphatic rings. The van der Waals surface area contributed by atoms with Gasteiger partial charge >= 0.3 is 5.97 Å². The van der Waals surface area contributed by atoms with Crippen molar-refractivity contribution in [2.45, 2.75) is 19.4 Å². The summed E-state index contributed by atoms with van der Waals surface area (Å²) in [5, 5.41) is 19.3. The lowest BCUT2D eigenvalue weighted by atomic mass is 10.1. The van der Waals surface area contributed by atoms with E-state index in [4.69, 9.17) is 4.74 Å². The molecule has 2 heterocycles. The normalized spacial score (nSPS) is 11.4. The van der Waals surface area contributed by atoms with Gasteiger partial charge in [-0.1, -0.05) is 18.2 Å². The average Bonchev–Trinajstić information content (AvgIpc) is 3.51. The van der Waals surface area contributed by atoms with Crippen LogP contribution in [0.1, 0.15) is 40.1 Å². The molecule has 11 heteroatoms. The Balaban J connectivity index is 1.59. The first kappa shape index (κ1) is 25.9. The number of aryl methyl sites for hydroxylation is 1. The topological polar surface area (TPSA) is 134 Å². The standard InChI is InChI=1S/C24H25N3O6S2/c1-14-11-19(22(30)25-9-8-15-5-3-6-16(28)12-15)35-20(14)23(31)27-17(24(32)33-2)13-26-21(29)18-7-4-10-34-18/h3-7,10-12,17,28H,8-9,13H2,1-2H3,(H,25,30)(H,26,29)(H,27,31). The van der Waals surface area contributed by atoms with Crippen LogP contribution in [0.3, 0.4) is 0 Å². The van der Waals surface area contributed by atoms with Gasteiger partial charge in [0.2, 0.25) is 0 Å². The van der Waals surface area contributed by atoms with Gasteiger partial charge in [-0.3, -0.25) is 14.4 Å². The summed E-state index contributed by atoms with van der Waals surface area (Å²) in [6.07, 6.45) is 0.538. The molecule has 0 aliphatic carbocycles. The Kier molecular flexibility index (Phi) is 8.98.